The van der Waals surface area contributed by atoms with Crippen molar-refractivity contribution in [2.75, 3.05) is 31.6 Å². The largest absolute Gasteiger partial charge is 0.489 e. The first-order valence-corrected chi connectivity index (χ1v) is 11.2. The second-order valence-corrected chi connectivity index (χ2v) is 8.87. The minimum absolute atomic E-state index is 0.0380. The fraction of sp³-hybridized carbons (Fsp3) is 0.400. The Morgan fingerprint density at radius 2 is 1.97 bits per heavy atom. The van der Waals surface area contributed by atoms with Crippen molar-refractivity contribution in [1.29, 1.82) is 0 Å². The van der Waals surface area contributed by atoms with Crippen LogP contribution in [-0.4, -0.2) is 58.0 Å². The predicted molar refractivity (Wildman–Crippen MR) is 111 cm³/mol. The Balaban J connectivity index is 1.58. The van der Waals surface area contributed by atoms with Gasteiger partial charge in [0.2, 0.25) is 0 Å². The lowest BCUT2D eigenvalue weighted by Crippen LogP contribution is -2.41. The number of ether oxygens (including phenoxy) is 2. The van der Waals surface area contributed by atoms with Gasteiger partial charge >= 0.3 is 6.09 Å². The highest BCUT2D eigenvalue weighted by Crippen LogP contribution is 2.33. The molecule has 0 saturated carbocycles. The monoisotopic (exact) mass is 486 g/mol. The summed E-state index contributed by atoms with van der Waals surface area (Å²) in [7, 11) is -0.250. The first-order chi connectivity index (χ1) is 15.7. The molecule has 178 valence electrons. The molecule has 2 aliphatic rings. The maximum absolute atomic E-state index is 13.5. The number of halogens is 3. The van der Waals surface area contributed by atoms with Gasteiger partial charge in [-0.25, -0.2) is 26.9 Å². The maximum Gasteiger partial charge on any atom is 0.409 e. The van der Waals surface area contributed by atoms with E-state index in [-0.39, 0.29) is 53.7 Å². The zero-order valence-corrected chi connectivity index (χ0v) is 18.5. The average Bonchev–Trinajstić information content (AvgIpc) is 3.29. The minimum Gasteiger partial charge on any atom is -0.489 e. The van der Waals surface area contributed by atoms with E-state index < -0.39 is 40.4 Å². The number of carbonyl (C=O) groups excluding carboxylic acids is 2. The molecule has 2 aliphatic heterocycles. The molecule has 1 aromatic carbocycles. The maximum atomic E-state index is 13.5. The van der Waals surface area contributed by atoms with Gasteiger partial charge in [-0.3, -0.25) is 4.79 Å². The molecule has 3 atom stereocenters. The van der Waals surface area contributed by atoms with Crippen molar-refractivity contribution < 1.29 is 36.4 Å². The summed E-state index contributed by atoms with van der Waals surface area (Å²) in [6, 6.07) is 0.985. The fourth-order valence-corrected chi connectivity index (χ4v) is 5.10. The molecule has 1 fully saturated rings. The topological polar surface area (TPSA) is 102 Å². The van der Waals surface area contributed by atoms with E-state index in [0.717, 1.165) is 0 Å². The van der Waals surface area contributed by atoms with Crippen LogP contribution in [0.15, 0.2) is 23.2 Å². The van der Waals surface area contributed by atoms with Gasteiger partial charge in [-0.15, -0.1) is 0 Å². The molecular formula is C20H21F3N4O5S. The number of fused-ring (bicyclic) bond motifs is 2. The van der Waals surface area contributed by atoms with Crippen molar-refractivity contribution in [3.63, 3.8) is 0 Å². The zero-order valence-electron chi connectivity index (χ0n) is 17.7. The van der Waals surface area contributed by atoms with Crippen molar-refractivity contribution in [3.05, 3.63) is 41.5 Å². The molecule has 0 radical (unpaired) electrons. The lowest BCUT2D eigenvalue weighted by atomic mass is 10.1. The number of anilines is 1. The molecule has 3 heterocycles. The molecular weight excluding hydrogens is 465 g/mol. The molecule has 0 spiro atoms. The number of benzene rings is 1. The van der Waals surface area contributed by atoms with Crippen LogP contribution in [0, 0.1) is 23.4 Å². The number of hydrogen-bond acceptors (Lipinski definition) is 5. The van der Waals surface area contributed by atoms with E-state index >= 15 is 0 Å². The molecule has 13 heteroatoms. The number of likely N-dealkylation sites (tertiary alicyclic amines) is 1. The molecule has 2 amide bonds. The van der Waals surface area contributed by atoms with E-state index in [0.29, 0.717) is 18.7 Å². The van der Waals surface area contributed by atoms with Crippen LogP contribution in [0.4, 0.5) is 23.7 Å². The first-order valence-electron chi connectivity index (χ1n) is 10.1. The fourth-order valence-electron chi connectivity index (χ4n) is 3.86. The second kappa shape index (κ2) is 9.06. The normalized spacial score (nSPS) is 22.0. The highest BCUT2D eigenvalue weighted by molar-refractivity contribution is 7.83. The van der Waals surface area contributed by atoms with Crippen LogP contribution in [0.5, 0.6) is 5.75 Å². The molecule has 1 saturated heterocycles. The standard InChI is InChI=1S/C20H21F3N4O5S/c1-3-31-20(29)27-6-10-9-32-18-15(33(30)25-14(10)7-27)8-26(2)17(18)19(28)24-11-4-12(21)16(23)13(22)5-11/h4-5,8,10,14,25H,3,6-7,9H2,1-2H3,(H,24,28). The summed E-state index contributed by atoms with van der Waals surface area (Å²) in [4.78, 5) is 26.6. The predicted octanol–water partition coefficient (Wildman–Crippen LogP) is 2.16. The summed E-state index contributed by atoms with van der Waals surface area (Å²) in [5.41, 5.74) is -0.332. The number of aryl methyl sites for hydroxylation is 1. The Morgan fingerprint density at radius 1 is 1.27 bits per heavy atom. The van der Waals surface area contributed by atoms with Crippen molar-refractivity contribution in [1.82, 2.24) is 14.2 Å². The van der Waals surface area contributed by atoms with Gasteiger partial charge in [-0.1, -0.05) is 0 Å². The number of hydrogen-bond donors (Lipinski definition) is 2. The molecule has 1 aromatic heterocycles. The lowest BCUT2D eigenvalue weighted by molar-refractivity contribution is 0.101. The highest BCUT2D eigenvalue weighted by Gasteiger charge is 2.40. The molecule has 0 bridgehead atoms. The van der Waals surface area contributed by atoms with Crippen LogP contribution in [-0.2, 0) is 22.8 Å². The summed E-state index contributed by atoms with van der Waals surface area (Å²) in [6.45, 7) is 2.64. The molecule has 2 N–H and O–H groups in total. The third kappa shape index (κ3) is 4.42. The van der Waals surface area contributed by atoms with E-state index in [1.165, 1.54) is 22.7 Å². The summed E-state index contributed by atoms with van der Waals surface area (Å²) < 4.78 is 68.5. The highest BCUT2D eigenvalue weighted by atomic mass is 32.2. The Kier molecular flexibility index (Phi) is 6.34. The van der Waals surface area contributed by atoms with E-state index in [4.69, 9.17) is 9.47 Å². The summed E-state index contributed by atoms with van der Waals surface area (Å²) in [5.74, 6) is -5.53. The number of carbonyl (C=O) groups is 2. The molecule has 9 nitrogen and oxygen atoms in total. The van der Waals surface area contributed by atoms with Gasteiger partial charge in [0.1, 0.15) is 15.9 Å². The van der Waals surface area contributed by atoms with Crippen LogP contribution in [0.2, 0.25) is 0 Å². The van der Waals surface area contributed by atoms with Crippen LogP contribution in [0.25, 0.3) is 0 Å². The summed E-state index contributed by atoms with van der Waals surface area (Å²) in [6.07, 6.45) is 0.964. The molecule has 3 unspecified atom stereocenters. The van der Waals surface area contributed by atoms with Gasteiger partial charge in [0.15, 0.2) is 28.9 Å². The Bertz CT molecular complexity index is 1120. The van der Waals surface area contributed by atoms with Crippen molar-refractivity contribution in [2.24, 2.45) is 13.0 Å². The van der Waals surface area contributed by atoms with Gasteiger partial charge < -0.3 is 24.3 Å². The third-order valence-electron chi connectivity index (χ3n) is 5.43. The smallest absolute Gasteiger partial charge is 0.409 e. The van der Waals surface area contributed by atoms with Gasteiger partial charge in [0.25, 0.3) is 5.91 Å². The number of nitrogens with one attached hydrogen (secondary N) is 2. The number of rotatable bonds is 3. The van der Waals surface area contributed by atoms with E-state index in [9.17, 15) is 27.0 Å². The van der Waals surface area contributed by atoms with Crippen LogP contribution in [0.1, 0.15) is 17.4 Å². The average molecular weight is 486 g/mol. The van der Waals surface area contributed by atoms with Gasteiger partial charge in [-0.05, 0) is 6.92 Å². The summed E-state index contributed by atoms with van der Waals surface area (Å²) in [5, 5.41) is 2.30. The minimum atomic E-state index is -1.77. The van der Waals surface area contributed by atoms with Crippen molar-refractivity contribution in [3.8, 4) is 5.75 Å². The zero-order chi connectivity index (χ0) is 23.9. The Labute approximate surface area is 189 Å². The van der Waals surface area contributed by atoms with Crippen LogP contribution < -0.4 is 14.8 Å². The lowest BCUT2D eigenvalue weighted by Gasteiger charge is -2.23. The number of nitrogens with zero attached hydrogens (tertiary/aromatic N) is 2. The van der Waals surface area contributed by atoms with Crippen LogP contribution in [0.3, 0.4) is 0 Å². The molecule has 2 aromatic rings. The van der Waals surface area contributed by atoms with E-state index in [2.05, 4.69) is 10.0 Å². The molecule has 4 rings (SSSR count). The number of aromatic nitrogens is 1. The van der Waals surface area contributed by atoms with Crippen molar-refractivity contribution in [2.45, 2.75) is 17.9 Å². The quantitative estimate of drug-likeness (QED) is 0.648. The van der Waals surface area contributed by atoms with Gasteiger partial charge in [0.05, 0.1) is 13.2 Å². The molecule has 0 aliphatic carbocycles. The Hall–Kier alpha value is -3.06. The van der Waals surface area contributed by atoms with Gasteiger partial charge in [0, 0.05) is 56.1 Å². The molecule has 33 heavy (non-hydrogen) atoms. The number of amides is 2. The van der Waals surface area contributed by atoms with Crippen LogP contribution >= 0.6 is 0 Å². The Morgan fingerprint density at radius 3 is 2.64 bits per heavy atom. The SMILES string of the molecule is CCOC(=O)N1CC2COc3c(cn(C)c3C(=O)Nc3cc(F)c(F)c(F)c3)S(=O)NC2C1. The van der Waals surface area contributed by atoms with Crippen molar-refractivity contribution >= 4 is 28.7 Å². The third-order valence-corrected chi connectivity index (χ3v) is 6.63. The van der Waals surface area contributed by atoms with E-state index in [1.54, 1.807) is 6.92 Å². The second-order valence-electron chi connectivity index (χ2n) is 7.66. The van der Waals surface area contributed by atoms with Gasteiger partial charge in [-0.2, -0.15) is 0 Å². The van der Waals surface area contributed by atoms with E-state index in [1.807, 2.05) is 0 Å². The summed E-state index contributed by atoms with van der Waals surface area (Å²) >= 11 is 0. The first kappa shape index (κ1) is 23.1.